The van der Waals surface area contributed by atoms with Gasteiger partial charge < -0.3 is 5.11 Å². The molecule has 1 rings (SSSR count). The van der Waals surface area contributed by atoms with Crippen LogP contribution < -0.4 is 0 Å². The minimum atomic E-state index is -1.70. The summed E-state index contributed by atoms with van der Waals surface area (Å²) in [5.41, 5.74) is -0.589. The number of benzene rings is 1. The molecule has 0 saturated carbocycles. The van der Waals surface area contributed by atoms with Crippen molar-refractivity contribution in [1.29, 1.82) is 0 Å². The molecule has 0 unspecified atom stereocenters. The Labute approximate surface area is 74.6 Å². The summed E-state index contributed by atoms with van der Waals surface area (Å²) in [4.78, 5) is 10.6. The van der Waals surface area contributed by atoms with E-state index in [9.17, 15) is 4.79 Å². The largest absolute Gasteiger partial charge is 0.478 e. The van der Waals surface area contributed by atoms with Crippen molar-refractivity contribution in [2.45, 2.75) is 0 Å². The predicted molar refractivity (Wildman–Crippen MR) is 43.1 cm³/mol. The fourth-order valence-corrected chi connectivity index (χ4v) is 0.428. The molecule has 0 bridgehead atoms. The summed E-state index contributed by atoms with van der Waals surface area (Å²) in [5.74, 6) is -1.70. The molecule has 2 nitrogen and oxygen atoms in total. The quantitative estimate of drug-likeness (QED) is 0.661. The minimum absolute atomic E-state index is 0.589. The van der Waals surface area contributed by atoms with Crippen LogP contribution in [-0.2, 0) is 4.79 Å². The van der Waals surface area contributed by atoms with Crippen LogP contribution in [0.4, 0.5) is 0 Å². The van der Waals surface area contributed by atoms with E-state index in [4.69, 9.17) is 14.7 Å². The Morgan fingerprint density at radius 3 is 2.73 bits per heavy atom. The smallest absolute Gasteiger partial charge is 0.328 e. The highest BCUT2D eigenvalue weighted by Crippen LogP contribution is 1.99. The van der Waals surface area contributed by atoms with E-state index in [1.807, 2.05) is 0 Å². The Bertz CT molecular complexity index is 536. The first-order valence-electron chi connectivity index (χ1n) is 6.18. The van der Waals surface area contributed by atoms with Crippen LogP contribution in [0.3, 0.4) is 0 Å². The number of hydrogen-bond acceptors (Lipinski definition) is 1. The molecule has 2 heteroatoms. The molecule has 0 aromatic heterocycles. The molecule has 1 N–H and O–H groups in total. The summed E-state index contributed by atoms with van der Waals surface area (Å²) in [6, 6.07) is -5.42. The van der Waals surface area contributed by atoms with E-state index in [0.717, 1.165) is 0 Å². The fourth-order valence-electron chi connectivity index (χ4n) is 0.428. The summed E-state index contributed by atoms with van der Waals surface area (Å²) in [6.45, 7) is 0. The molecule has 0 atom stereocenters. The fraction of sp³-hybridized carbons (Fsp3) is 0. The standard InChI is InChI=1S/C9H8O2/c10-9(11)7-6-8-4-2-1-3-5-8/h1-7H,(H,10,11)/b7-6+/i1D,2D,3D,4D,5D,6D,7D. The topological polar surface area (TPSA) is 37.3 Å². The van der Waals surface area contributed by atoms with Gasteiger partial charge in [-0.1, -0.05) is 30.2 Å². The molecule has 0 amide bonds. The first-order valence-corrected chi connectivity index (χ1v) is 2.68. The van der Waals surface area contributed by atoms with E-state index in [2.05, 4.69) is 0 Å². The van der Waals surface area contributed by atoms with E-state index in [0.29, 0.717) is 0 Å². The van der Waals surface area contributed by atoms with Gasteiger partial charge in [-0.25, -0.2) is 4.79 Å². The maximum Gasteiger partial charge on any atom is 0.328 e. The first-order chi connectivity index (χ1) is 8.20. The first kappa shape index (κ1) is 2.48. The summed E-state index contributed by atoms with van der Waals surface area (Å²) in [5, 5.41) is 8.57. The van der Waals surface area contributed by atoms with Gasteiger partial charge in [-0.15, -0.1) is 0 Å². The monoisotopic (exact) mass is 155 g/mol. The Kier molecular flexibility index (Phi) is 0.804. The number of aliphatic carboxylic acids is 1. The van der Waals surface area contributed by atoms with Crippen LogP contribution in [0, 0.1) is 0 Å². The second kappa shape index (κ2) is 3.56. The number of hydrogen-bond donors (Lipinski definition) is 1. The predicted octanol–water partition coefficient (Wildman–Crippen LogP) is 1.78. The van der Waals surface area contributed by atoms with Crippen molar-refractivity contribution in [3.05, 3.63) is 41.8 Å². The van der Waals surface area contributed by atoms with E-state index in [-0.39, 0.29) is 0 Å². The Morgan fingerprint density at radius 2 is 2.18 bits per heavy atom. The molecule has 0 fully saturated rings. The summed E-state index contributed by atoms with van der Waals surface area (Å²) in [7, 11) is 0. The van der Waals surface area contributed by atoms with E-state index >= 15 is 0 Å². The van der Waals surface area contributed by atoms with Crippen molar-refractivity contribution in [3.63, 3.8) is 0 Å². The van der Waals surface area contributed by atoms with Gasteiger partial charge in [0.15, 0.2) is 0 Å². The van der Waals surface area contributed by atoms with Crippen LogP contribution >= 0.6 is 0 Å². The van der Waals surface area contributed by atoms with Gasteiger partial charge in [0.25, 0.3) is 0 Å². The van der Waals surface area contributed by atoms with E-state index < -0.39 is 53.8 Å². The summed E-state index contributed by atoms with van der Waals surface area (Å²) in [6.07, 6.45) is 0. The SMILES string of the molecule is [2H]/C(C(=O)O)=C(/[2H])c1c([2H])c([2H])c([2H])c([2H])c1[2H]. The molecule has 0 aliphatic heterocycles. The van der Waals surface area contributed by atoms with Crippen LogP contribution in [0.15, 0.2) is 36.3 Å². The third kappa shape index (κ3) is 2.67. The Hall–Kier alpha value is -1.57. The van der Waals surface area contributed by atoms with Gasteiger partial charge in [-0.2, -0.15) is 0 Å². The van der Waals surface area contributed by atoms with Gasteiger partial charge in [-0.3, -0.25) is 0 Å². The molecule has 0 aliphatic carbocycles. The van der Waals surface area contributed by atoms with E-state index in [1.54, 1.807) is 0 Å². The molecule has 1 aromatic carbocycles. The Morgan fingerprint density at radius 1 is 1.55 bits per heavy atom. The van der Waals surface area contributed by atoms with Crippen molar-refractivity contribution >= 4 is 12.0 Å². The highest BCUT2D eigenvalue weighted by molar-refractivity contribution is 5.85. The second-order valence-electron chi connectivity index (χ2n) is 1.56. The number of rotatable bonds is 2. The molecule has 0 heterocycles. The maximum atomic E-state index is 10.6. The maximum absolute atomic E-state index is 10.6. The molecule has 0 spiro atoms. The van der Waals surface area contributed by atoms with Crippen LogP contribution in [0.2, 0.25) is 0 Å². The zero-order valence-electron chi connectivity index (χ0n) is 12.4. The van der Waals surface area contributed by atoms with Gasteiger partial charge in [0.2, 0.25) is 0 Å². The molecule has 0 radical (unpaired) electrons. The summed E-state index contributed by atoms with van der Waals surface area (Å²) >= 11 is 0. The molecular weight excluding hydrogens is 140 g/mol. The van der Waals surface area contributed by atoms with Crippen LogP contribution in [-0.4, -0.2) is 11.1 Å². The van der Waals surface area contributed by atoms with Gasteiger partial charge in [0.1, 0.15) is 0 Å². The van der Waals surface area contributed by atoms with Crippen molar-refractivity contribution in [1.82, 2.24) is 0 Å². The lowest BCUT2D eigenvalue weighted by atomic mass is 10.2. The zero-order chi connectivity index (χ0) is 14.2. The van der Waals surface area contributed by atoms with Gasteiger partial charge in [-0.05, 0) is 11.6 Å². The van der Waals surface area contributed by atoms with Gasteiger partial charge in [0, 0.05) is 6.05 Å². The molecule has 56 valence electrons. The van der Waals surface area contributed by atoms with Gasteiger partial charge >= 0.3 is 5.97 Å². The number of carbonyl (C=O) groups is 1. The van der Waals surface area contributed by atoms with Crippen LogP contribution in [0.25, 0.3) is 6.05 Å². The third-order valence-electron chi connectivity index (χ3n) is 0.794. The van der Waals surface area contributed by atoms with Crippen molar-refractivity contribution < 1.29 is 19.5 Å². The average Bonchev–Trinajstić information content (AvgIpc) is 2.32. The van der Waals surface area contributed by atoms with Crippen LogP contribution in [0.1, 0.15) is 15.2 Å². The van der Waals surface area contributed by atoms with Crippen molar-refractivity contribution in [2.24, 2.45) is 0 Å². The molecule has 0 saturated heterocycles. The molecule has 0 aliphatic rings. The zero-order valence-corrected chi connectivity index (χ0v) is 5.36. The molecular formula is C9H8O2. The van der Waals surface area contributed by atoms with E-state index in [1.165, 1.54) is 0 Å². The Balaban J connectivity index is 3.73. The minimum Gasteiger partial charge on any atom is -0.478 e. The lowest BCUT2D eigenvalue weighted by Crippen LogP contribution is -1.85. The molecule has 11 heavy (non-hydrogen) atoms. The van der Waals surface area contributed by atoms with Gasteiger partial charge in [0.05, 0.1) is 9.60 Å². The summed E-state index contributed by atoms with van der Waals surface area (Å²) < 4.78 is 51.6. The number of carboxylic acid groups (broad SMARTS) is 1. The van der Waals surface area contributed by atoms with Crippen LogP contribution in [0.5, 0.6) is 0 Å². The third-order valence-corrected chi connectivity index (χ3v) is 0.794. The van der Waals surface area contributed by atoms with Crippen molar-refractivity contribution in [3.8, 4) is 0 Å². The lowest BCUT2D eigenvalue weighted by molar-refractivity contribution is -0.131. The highest BCUT2D eigenvalue weighted by Gasteiger charge is 1.85. The normalized spacial score (nSPS) is 20.9. The average molecular weight is 155 g/mol. The number of carboxylic acids is 1. The molecule has 1 aromatic rings. The lowest BCUT2D eigenvalue weighted by Gasteiger charge is -1.87. The van der Waals surface area contributed by atoms with Crippen molar-refractivity contribution in [2.75, 3.05) is 0 Å². The second-order valence-corrected chi connectivity index (χ2v) is 1.56. The highest BCUT2D eigenvalue weighted by atomic mass is 16.4.